The summed E-state index contributed by atoms with van der Waals surface area (Å²) < 4.78 is 20.8. The first-order valence-corrected chi connectivity index (χ1v) is 19.7. The third kappa shape index (κ3) is 13.3. The van der Waals surface area contributed by atoms with Crippen LogP contribution in [-0.2, 0) is 9.59 Å². The Hall–Kier alpha value is -5.15. The number of aromatic amines is 1. The predicted octanol–water partition coefficient (Wildman–Crippen LogP) is 5.95. The number of halogens is 1. The Labute approximate surface area is 326 Å². The Morgan fingerprint density at radius 2 is 1.75 bits per heavy atom. The molecular weight excluding hydrogens is 719 g/mol. The lowest BCUT2D eigenvalue weighted by atomic mass is 9.96. The van der Waals surface area contributed by atoms with Gasteiger partial charge in [0.2, 0.25) is 11.8 Å². The first-order chi connectivity index (χ1) is 26.9. The molecule has 5 heterocycles. The highest BCUT2D eigenvalue weighted by Gasteiger charge is 2.26. The van der Waals surface area contributed by atoms with Gasteiger partial charge in [-0.25, -0.2) is 4.39 Å². The number of benzene rings is 1. The number of piperidine rings is 2. The molecule has 0 radical (unpaired) electrons. The summed E-state index contributed by atoms with van der Waals surface area (Å²) in [6, 6.07) is 7.99. The number of pyridine rings is 2. The monoisotopic (exact) mass is 774 g/mol. The summed E-state index contributed by atoms with van der Waals surface area (Å²) in [5, 5.41) is 22.4. The largest absolute Gasteiger partial charge is 0.490 e. The number of amides is 3. The van der Waals surface area contributed by atoms with E-state index in [-0.39, 0.29) is 47.6 Å². The summed E-state index contributed by atoms with van der Waals surface area (Å²) in [6.07, 6.45) is 19.2. The number of nitrogens with zero attached hydrogens (tertiary/aromatic N) is 4. The SMILES string of the molecule is C1CC1.CC(C)Oc1cc2nn(C3CCCCC3)cc2cc1C(=O)Nc1ccc[nH]c1=O.CN1CCCC(O)C1.O=C1CCC(Nc2cncc(F)c2)C(=O)N1. The fraction of sp³-hybridized carbons (Fsp3) is 0.512. The Morgan fingerprint density at radius 1 is 1.00 bits per heavy atom. The zero-order chi connectivity index (χ0) is 40.0. The number of fused-ring (bicyclic) bond motifs is 1. The maximum absolute atomic E-state index is 12.9. The fourth-order valence-electron chi connectivity index (χ4n) is 6.51. The molecule has 4 aliphatic rings. The maximum atomic E-state index is 12.9. The van der Waals surface area contributed by atoms with Crippen LogP contribution >= 0.6 is 0 Å². The number of carbonyl (C=O) groups excluding carboxylic acids is 3. The molecule has 14 nitrogen and oxygen atoms in total. The molecular formula is C41H55FN8O6. The lowest BCUT2D eigenvalue weighted by Gasteiger charge is -2.25. The molecule has 2 aliphatic heterocycles. The minimum atomic E-state index is -0.513. The van der Waals surface area contributed by atoms with Gasteiger partial charge < -0.3 is 30.4 Å². The van der Waals surface area contributed by atoms with E-state index >= 15 is 0 Å². The van der Waals surface area contributed by atoms with Crippen molar-refractivity contribution in [2.75, 3.05) is 30.8 Å². The van der Waals surface area contributed by atoms with E-state index in [1.54, 1.807) is 18.2 Å². The number of imide groups is 1. The van der Waals surface area contributed by atoms with Crippen LogP contribution in [0.2, 0.25) is 0 Å². The summed E-state index contributed by atoms with van der Waals surface area (Å²) in [6.45, 7) is 5.83. The van der Waals surface area contributed by atoms with E-state index in [1.165, 1.54) is 57.0 Å². The minimum Gasteiger partial charge on any atom is -0.490 e. The number of ether oxygens (including phenoxy) is 1. The average molecular weight is 775 g/mol. The van der Waals surface area contributed by atoms with Crippen LogP contribution in [0.4, 0.5) is 15.8 Å². The van der Waals surface area contributed by atoms with Crippen LogP contribution in [-0.4, -0.2) is 85.9 Å². The van der Waals surface area contributed by atoms with Gasteiger partial charge in [0, 0.05) is 42.9 Å². The normalized spacial score (nSPS) is 19.6. The smallest absolute Gasteiger partial charge is 0.271 e. The second-order valence-corrected chi connectivity index (χ2v) is 15.0. The number of H-pyrrole nitrogens is 1. The Kier molecular flexibility index (Phi) is 15.5. The molecule has 2 saturated heterocycles. The van der Waals surface area contributed by atoms with E-state index in [0.29, 0.717) is 29.5 Å². The van der Waals surface area contributed by atoms with Crippen molar-refractivity contribution >= 4 is 40.0 Å². The highest BCUT2D eigenvalue weighted by Crippen LogP contribution is 2.32. The van der Waals surface area contributed by atoms with Crippen LogP contribution in [0.15, 0.2) is 59.9 Å². The number of hydrogen-bond donors (Lipinski definition) is 5. The van der Waals surface area contributed by atoms with E-state index in [4.69, 9.17) is 14.9 Å². The third-order valence-corrected chi connectivity index (χ3v) is 9.48. The molecule has 8 rings (SSSR count). The van der Waals surface area contributed by atoms with Crippen LogP contribution in [0.25, 0.3) is 10.9 Å². The van der Waals surface area contributed by atoms with Gasteiger partial charge in [0.1, 0.15) is 23.3 Å². The number of likely N-dealkylation sites (N-methyl/N-ethyl adjacent to an activating group) is 1. The van der Waals surface area contributed by atoms with E-state index in [0.717, 1.165) is 55.9 Å². The minimum absolute atomic E-state index is 0.0613. The molecule has 0 spiro atoms. The Bertz CT molecular complexity index is 1960. The lowest BCUT2D eigenvalue weighted by Crippen LogP contribution is -2.47. The van der Waals surface area contributed by atoms with Gasteiger partial charge in [-0.2, -0.15) is 5.10 Å². The topological polar surface area (TPSA) is 184 Å². The van der Waals surface area contributed by atoms with Crippen molar-refractivity contribution in [3.63, 3.8) is 0 Å². The maximum Gasteiger partial charge on any atom is 0.271 e. The second kappa shape index (κ2) is 20.7. The molecule has 2 unspecified atom stereocenters. The molecule has 2 aliphatic carbocycles. The van der Waals surface area contributed by atoms with Gasteiger partial charge in [0.25, 0.3) is 11.5 Å². The van der Waals surface area contributed by atoms with E-state index in [2.05, 4.69) is 30.8 Å². The molecule has 4 aromatic rings. The first-order valence-electron chi connectivity index (χ1n) is 19.7. The number of rotatable bonds is 7. The van der Waals surface area contributed by atoms with Crippen molar-refractivity contribution in [3.8, 4) is 5.75 Å². The molecule has 15 heteroatoms. The molecule has 3 aromatic heterocycles. The van der Waals surface area contributed by atoms with Crippen molar-refractivity contribution in [2.24, 2.45) is 0 Å². The van der Waals surface area contributed by atoms with Crippen molar-refractivity contribution in [3.05, 3.63) is 76.9 Å². The third-order valence-electron chi connectivity index (χ3n) is 9.48. The number of β-amino-alcohol motifs (C(OH)–C–C–N with tert-alkyl or cyclic N) is 1. The molecule has 2 saturated carbocycles. The van der Waals surface area contributed by atoms with Gasteiger partial charge in [0.05, 0.1) is 47.4 Å². The number of carbonyl (C=O) groups is 3. The van der Waals surface area contributed by atoms with E-state index < -0.39 is 11.9 Å². The molecule has 3 amide bonds. The summed E-state index contributed by atoms with van der Waals surface area (Å²) >= 11 is 0. The summed E-state index contributed by atoms with van der Waals surface area (Å²) in [5.74, 6) is -1.06. The Morgan fingerprint density at radius 3 is 2.38 bits per heavy atom. The number of hydrogen-bond acceptors (Lipinski definition) is 10. The number of aliphatic hydroxyl groups is 1. The molecule has 302 valence electrons. The van der Waals surface area contributed by atoms with Gasteiger partial charge in [0.15, 0.2) is 0 Å². The number of anilines is 2. The van der Waals surface area contributed by atoms with Crippen LogP contribution < -0.4 is 26.2 Å². The van der Waals surface area contributed by atoms with Crippen molar-refractivity contribution in [1.29, 1.82) is 0 Å². The van der Waals surface area contributed by atoms with Crippen LogP contribution in [0.3, 0.4) is 0 Å². The molecule has 5 N–H and O–H groups in total. The number of aromatic nitrogens is 4. The second-order valence-electron chi connectivity index (χ2n) is 15.0. The zero-order valence-electron chi connectivity index (χ0n) is 32.6. The van der Waals surface area contributed by atoms with Crippen molar-refractivity contribution in [1.82, 2.24) is 30.0 Å². The quantitative estimate of drug-likeness (QED) is 0.141. The standard InChI is InChI=1S/C22H26N4O3.C10H10FN3O2.C6H13NO.C3H6/c1-14(2)29-20-12-19-15(13-26(25-19)16-7-4-3-5-8-16)11-17(20)21(27)24-18-9-6-10-23-22(18)28;11-6-3-7(5-12-4-6)13-8-1-2-9(15)14-10(8)16;1-7-4-2-3-6(8)5-7;1-2-3-1/h6,9-14,16H,3-5,7-8H2,1-2H3,(H,23,28)(H,24,27);3-5,8,13H,1-2H2,(H,14,15,16);6,8H,2-5H2,1H3;1-3H2. The van der Waals surface area contributed by atoms with Gasteiger partial charge in [-0.1, -0.05) is 38.5 Å². The van der Waals surface area contributed by atoms with Crippen molar-refractivity contribution < 1.29 is 28.6 Å². The highest BCUT2D eigenvalue weighted by molar-refractivity contribution is 6.08. The molecule has 1 aromatic carbocycles. The predicted molar refractivity (Wildman–Crippen MR) is 213 cm³/mol. The first kappa shape index (κ1) is 42.0. The molecule has 4 fully saturated rings. The van der Waals surface area contributed by atoms with Crippen LogP contribution in [0.1, 0.15) is 107 Å². The highest BCUT2D eigenvalue weighted by atomic mass is 19.1. The zero-order valence-corrected chi connectivity index (χ0v) is 32.6. The van der Waals surface area contributed by atoms with Gasteiger partial charge in [-0.05, 0) is 77.7 Å². The summed E-state index contributed by atoms with van der Waals surface area (Å²) in [5.41, 5.74) is 1.47. The summed E-state index contributed by atoms with van der Waals surface area (Å²) in [4.78, 5) is 55.5. The van der Waals surface area contributed by atoms with Gasteiger partial charge >= 0.3 is 0 Å². The fourth-order valence-corrected chi connectivity index (χ4v) is 6.51. The van der Waals surface area contributed by atoms with E-state index in [1.807, 2.05) is 37.8 Å². The number of aliphatic hydroxyl groups excluding tert-OH is 1. The summed E-state index contributed by atoms with van der Waals surface area (Å²) in [7, 11) is 2.04. The van der Waals surface area contributed by atoms with Crippen LogP contribution in [0, 0.1) is 5.82 Å². The van der Waals surface area contributed by atoms with Gasteiger partial charge in [-0.3, -0.25) is 34.2 Å². The molecule has 56 heavy (non-hydrogen) atoms. The lowest BCUT2D eigenvalue weighted by molar-refractivity contribution is -0.133. The van der Waals surface area contributed by atoms with Crippen LogP contribution in [0.5, 0.6) is 5.75 Å². The number of likely N-dealkylation sites (tertiary alicyclic amines) is 1. The van der Waals surface area contributed by atoms with E-state index in [9.17, 15) is 23.6 Å². The van der Waals surface area contributed by atoms with Gasteiger partial charge in [-0.15, -0.1) is 0 Å². The average Bonchev–Trinajstić information content (AvgIpc) is 4.00. The Balaban J connectivity index is 0.000000183. The molecule has 0 bridgehead atoms. The number of nitrogens with one attached hydrogen (secondary N) is 4. The van der Waals surface area contributed by atoms with Crippen molar-refractivity contribution in [2.45, 2.75) is 115 Å². The molecule has 2 atom stereocenters.